The minimum atomic E-state index is -0.316. The normalized spacial score (nSPS) is 10.0. The molecule has 0 saturated carbocycles. The molecular weight excluding hydrogens is 236 g/mol. The lowest BCUT2D eigenvalue weighted by molar-refractivity contribution is -0.139. The molecule has 0 aliphatic rings. The van der Waals surface area contributed by atoms with E-state index in [2.05, 4.69) is 9.46 Å². The van der Waals surface area contributed by atoms with Crippen LogP contribution in [0.4, 0.5) is 5.69 Å². The van der Waals surface area contributed by atoms with Crippen molar-refractivity contribution in [2.24, 2.45) is 0 Å². The van der Waals surface area contributed by atoms with Crippen molar-refractivity contribution in [3.8, 4) is 0 Å². The fourth-order valence-corrected chi connectivity index (χ4v) is 1.74. The number of esters is 1. The van der Waals surface area contributed by atoms with E-state index in [0.29, 0.717) is 10.7 Å². The minimum absolute atomic E-state index is 0.142. The number of benzene rings is 1. The van der Waals surface area contributed by atoms with Gasteiger partial charge in [0.05, 0.1) is 17.8 Å². The first-order valence-electron chi connectivity index (χ1n) is 4.15. The number of ether oxygens (including phenoxy) is 1. The van der Waals surface area contributed by atoms with Crippen molar-refractivity contribution in [1.29, 1.82) is 0 Å². The predicted molar refractivity (Wildman–Crippen MR) is 61.7 cm³/mol. The summed E-state index contributed by atoms with van der Waals surface area (Å²) in [6.45, 7) is 0.142. The van der Waals surface area contributed by atoms with E-state index in [4.69, 9.17) is 17.3 Å². The first-order chi connectivity index (χ1) is 7.13. The lowest BCUT2D eigenvalue weighted by Gasteiger charge is -2.04. The highest BCUT2D eigenvalue weighted by Gasteiger charge is 2.01. The molecule has 1 rings (SSSR count). The summed E-state index contributed by atoms with van der Waals surface area (Å²) in [5.74, 6) is -0.316. The van der Waals surface area contributed by atoms with Crippen molar-refractivity contribution in [2.75, 3.05) is 19.4 Å². The number of rotatable bonds is 4. The van der Waals surface area contributed by atoms with Crippen LogP contribution in [-0.2, 0) is 9.53 Å². The van der Waals surface area contributed by atoms with Gasteiger partial charge in [-0.25, -0.2) is 4.72 Å². The summed E-state index contributed by atoms with van der Waals surface area (Å²) in [5, 5.41) is 0.500. The molecule has 0 radical (unpaired) electrons. The van der Waals surface area contributed by atoms with E-state index < -0.39 is 0 Å². The van der Waals surface area contributed by atoms with E-state index in [1.54, 1.807) is 12.1 Å². The quantitative estimate of drug-likeness (QED) is 0.481. The molecule has 0 fully saturated rings. The molecule has 0 aliphatic carbocycles. The molecule has 0 bridgehead atoms. The monoisotopic (exact) mass is 246 g/mol. The zero-order valence-electron chi connectivity index (χ0n) is 8.12. The first kappa shape index (κ1) is 12.2. The van der Waals surface area contributed by atoms with Crippen molar-refractivity contribution in [2.45, 2.75) is 4.90 Å². The van der Waals surface area contributed by atoms with E-state index in [-0.39, 0.29) is 12.5 Å². The van der Waals surface area contributed by atoms with Crippen LogP contribution in [0.25, 0.3) is 0 Å². The summed E-state index contributed by atoms with van der Waals surface area (Å²) >= 11 is 7.12. The predicted octanol–water partition coefficient (Wildman–Crippen LogP) is 1.69. The highest BCUT2D eigenvalue weighted by molar-refractivity contribution is 7.97. The van der Waals surface area contributed by atoms with E-state index in [1.165, 1.54) is 19.1 Å². The third kappa shape index (κ3) is 3.99. The van der Waals surface area contributed by atoms with Gasteiger partial charge in [0, 0.05) is 4.90 Å². The molecule has 82 valence electrons. The molecule has 0 aliphatic heterocycles. The maximum absolute atomic E-state index is 10.8. The van der Waals surface area contributed by atoms with Gasteiger partial charge in [0.2, 0.25) is 0 Å². The SMILES string of the molecule is COC(=O)CNSc1ccc(N)c(Cl)c1. The largest absolute Gasteiger partial charge is 0.468 e. The Morgan fingerprint density at radius 2 is 2.40 bits per heavy atom. The summed E-state index contributed by atoms with van der Waals surface area (Å²) < 4.78 is 7.31. The van der Waals surface area contributed by atoms with Crippen LogP contribution >= 0.6 is 23.5 Å². The Morgan fingerprint density at radius 3 is 3.00 bits per heavy atom. The number of hydrogen-bond acceptors (Lipinski definition) is 5. The molecule has 0 aromatic heterocycles. The van der Waals surface area contributed by atoms with Crippen LogP contribution in [0.2, 0.25) is 5.02 Å². The Bertz CT molecular complexity index is 360. The van der Waals surface area contributed by atoms with Gasteiger partial charge in [-0.2, -0.15) is 0 Å². The summed E-state index contributed by atoms with van der Waals surface area (Å²) in [7, 11) is 1.34. The smallest absolute Gasteiger partial charge is 0.320 e. The molecule has 0 spiro atoms. The number of halogens is 1. The maximum atomic E-state index is 10.8. The molecule has 1 aromatic rings. The van der Waals surface area contributed by atoms with Crippen LogP contribution in [0.5, 0.6) is 0 Å². The number of methoxy groups -OCH3 is 1. The Morgan fingerprint density at radius 1 is 1.67 bits per heavy atom. The molecule has 0 saturated heterocycles. The summed E-state index contributed by atoms with van der Waals surface area (Å²) in [4.78, 5) is 11.7. The van der Waals surface area contributed by atoms with E-state index in [1.807, 2.05) is 6.07 Å². The van der Waals surface area contributed by atoms with Crippen LogP contribution in [0.3, 0.4) is 0 Å². The van der Waals surface area contributed by atoms with Crippen LogP contribution in [0, 0.1) is 0 Å². The van der Waals surface area contributed by atoms with Gasteiger partial charge in [-0.3, -0.25) is 4.79 Å². The van der Waals surface area contributed by atoms with Gasteiger partial charge < -0.3 is 10.5 Å². The van der Waals surface area contributed by atoms with Crippen LogP contribution in [0.1, 0.15) is 0 Å². The van der Waals surface area contributed by atoms with Crippen molar-refractivity contribution in [3.63, 3.8) is 0 Å². The number of carbonyl (C=O) groups is 1. The van der Waals surface area contributed by atoms with Crippen LogP contribution < -0.4 is 10.5 Å². The van der Waals surface area contributed by atoms with Gasteiger partial charge in [0.15, 0.2) is 0 Å². The Labute approximate surface area is 97.3 Å². The molecule has 0 heterocycles. The van der Waals surface area contributed by atoms with Crippen LogP contribution in [0.15, 0.2) is 23.1 Å². The lowest BCUT2D eigenvalue weighted by Crippen LogP contribution is -2.17. The van der Waals surface area contributed by atoms with Crippen molar-refractivity contribution in [1.82, 2.24) is 4.72 Å². The second-order valence-electron chi connectivity index (χ2n) is 2.68. The number of carbonyl (C=O) groups excluding carboxylic acids is 1. The van der Waals surface area contributed by atoms with Crippen molar-refractivity contribution >= 4 is 35.2 Å². The van der Waals surface area contributed by atoms with Gasteiger partial charge in [-0.15, -0.1) is 0 Å². The fraction of sp³-hybridized carbons (Fsp3) is 0.222. The first-order valence-corrected chi connectivity index (χ1v) is 5.34. The molecule has 1 aromatic carbocycles. The average molecular weight is 247 g/mol. The van der Waals surface area contributed by atoms with E-state index in [9.17, 15) is 4.79 Å². The number of hydrogen-bond donors (Lipinski definition) is 2. The van der Waals surface area contributed by atoms with Gasteiger partial charge in [0.25, 0.3) is 0 Å². The van der Waals surface area contributed by atoms with E-state index >= 15 is 0 Å². The Hall–Kier alpha value is -0.910. The topological polar surface area (TPSA) is 64.3 Å². The highest BCUT2D eigenvalue weighted by atomic mass is 35.5. The molecule has 0 amide bonds. The van der Waals surface area contributed by atoms with Crippen LogP contribution in [-0.4, -0.2) is 19.6 Å². The zero-order valence-corrected chi connectivity index (χ0v) is 9.69. The number of nitrogens with two attached hydrogens (primary N) is 1. The third-order valence-corrected chi connectivity index (χ3v) is 2.71. The van der Waals surface area contributed by atoms with Gasteiger partial charge >= 0.3 is 5.97 Å². The zero-order chi connectivity index (χ0) is 11.3. The minimum Gasteiger partial charge on any atom is -0.468 e. The van der Waals surface area contributed by atoms with Crippen molar-refractivity contribution < 1.29 is 9.53 Å². The Kier molecular flexibility index (Phi) is 4.74. The molecular formula is C9H11ClN2O2S. The van der Waals surface area contributed by atoms with Gasteiger partial charge in [-0.1, -0.05) is 11.6 Å². The summed E-state index contributed by atoms with van der Waals surface area (Å²) in [5.41, 5.74) is 6.09. The second kappa shape index (κ2) is 5.85. The van der Waals surface area contributed by atoms with Gasteiger partial charge in [-0.05, 0) is 30.1 Å². The third-order valence-electron chi connectivity index (χ3n) is 1.61. The number of nitrogen functional groups attached to an aromatic ring is 1. The molecule has 0 unspecified atom stereocenters. The second-order valence-corrected chi connectivity index (χ2v) is 4.05. The van der Waals surface area contributed by atoms with Gasteiger partial charge in [0.1, 0.15) is 6.54 Å². The van der Waals surface area contributed by atoms with E-state index in [0.717, 1.165) is 4.90 Å². The van der Waals surface area contributed by atoms with Crippen molar-refractivity contribution in [3.05, 3.63) is 23.2 Å². The highest BCUT2D eigenvalue weighted by Crippen LogP contribution is 2.24. The molecule has 6 heteroatoms. The molecule has 4 nitrogen and oxygen atoms in total. The summed E-state index contributed by atoms with van der Waals surface area (Å²) in [6.07, 6.45) is 0. The Balaban J connectivity index is 2.44. The fourth-order valence-electron chi connectivity index (χ4n) is 0.822. The molecule has 15 heavy (non-hydrogen) atoms. The summed E-state index contributed by atoms with van der Waals surface area (Å²) in [6, 6.07) is 5.26. The molecule has 0 atom stereocenters. The maximum Gasteiger partial charge on any atom is 0.320 e. The standard InChI is InChI=1S/C9H11ClN2O2S/c1-14-9(13)5-12-15-6-2-3-8(11)7(10)4-6/h2-4,12H,5,11H2,1H3. The number of anilines is 1. The molecule has 3 N–H and O–H groups in total. The number of nitrogens with one attached hydrogen (secondary N) is 1. The average Bonchev–Trinajstić information content (AvgIpc) is 2.23. The lowest BCUT2D eigenvalue weighted by atomic mass is 10.3.